The summed E-state index contributed by atoms with van der Waals surface area (Å²) in [6.45, 7) is 74.7. The summed E-state index contributed by atoms with van der Waals surface area (Å²) >= 11 is 51.3. The third-order valence-corrected chi connectivity index (χ3v) is 14.8. The van der Waals surface area contributed by atoms with Gasteiger partial charge in [0.25, 0.3) is 0 Å². The first-order valence-corrected chi connectivity index (χ1v) is 37.3. The van der Waals surface area contributed by atoms with E-state index in [0.717, 1.165) is 53.3 Å². The zero-order valence-electron chi connectivity index (χ0n) is 55.3. The number of unbranched alkanes of at least 4 members (excludes halogenated alkanes) is 1. The zero-order valence-corrected chi connectivity index (χ0v) is 66.7. The van der Waals surface area contributed by atoms with E-state index in [1.807, 2.05) is 0 Å². The second-order valence-corrected chi connectivity index (χ2v) is 21.9. The van der Waals surface area contributed by atoms with Crippen LogP contribution in [0.1, 0.15) is 341 Å². The molecule has 14 heteroatoms. The normalized spacial score (nSPS) is 10.4. The Morgan fingerprint density at radius 2 is 0.487 bits per heavy atom. The van der Waals surface area contributed by atoms with Crippen LogP contribution in [-0.4, -0.2) is 0 Å². The lowest BCUT2D eigenvalue weighted by Crippen LogP contribution is -2.19. The van der Waals surface area contributed by atoms with Crippen LogP contribution in [0.15, 0.2) is 0 Å². The molecule has 4 atom stereocenters. The number of rotatable bonds is 17. The first kappa shape index (κ1) is 134. The molecule has 0 N–H and O–H groups in total. The lowest BCUT2D eigenvalue weighted by Gasteiger charge is -2.29. The van der Waals surface area contributed by atoms with Crippen molar-refractivity contribution in [3.05, 3.63) is 0 Å². The third kappa shape index (κ3) is 164. The topological polar surface area (TPSA) is 0 Å². The Bertz CT molecular complexity index is 783. The predicted molar refractivity (Wildman–Crippen MR) is 414 cm³/mol. The maximum atomic E-state index is 3.67. The van der Waals surface area contributed by atoms with Crippen LogP contribution in [0, 0.1) is 69.5 Å². The Balaban J connectivity index is -0.0000000275. The minimum absolute atomic E-state index is 0. The van der Waals surface area contributed by atoms with Crippen LogP contribution in [-0.2, 0) is 157 Å². The molecule has 0 aromatic rings. The van der Waals surface area contributed by atoms with Gasteiger partial charge in [0.15, 0.2) is 0 Å². The Hall–Kier alpha value is 3.08. The van der Waals surface area contributed by atoms with Gasteiger partial charge in [-0.3, -0.25) is 0 Å². The molecule has 0 saturated heterocycles. The fraction of sp³-hybridized carbons (Fsp3) is 1.00. The zero-order chi connectivity index (χ0) is 63.6. The van der Waals surface area contributed by atoms with E-state index in [-0.39, 0.29) is 22.3 Å². The molecule has 0 aromatic heterocycles. The van der Waals surface area contributed by atoms with Gasteiger partial charge in [-0.05, 0) is 69.5 Å². The van der Waals surface area contributed by atoms with Gasteiger partial charge in [0, 0.05) is 157 Å². The van der Waals surface area contributed by atoms with Gasteiger partial charge < -0.3 is 0 Å². The summed E-state index contributed by atoms with van der Waals surface area (Å²) < 4.78 is 0. The number of hydrogen-bond donors (Lipinski definition) is 0. The smallest absolute Gasteiger partial charge is 0 e. The second kappa shape index (κ2) is 120. The second-order valence-electron chi connectivity index (χ2n) is 21.9. The van der Waals surface area contributed by atoms with Crippen molar-refractivity contribution in [2.45, 2.75) is 341 Å². The molecule has 480 valence electrons. The molecule has 0 aliphatic rings. The average Bonchev–Trinajstić information content (AvgIpc) is 3.44. The van der Waals surface area contributed by atoms with E-state index in [1.54, 1.807) is 0 Å². The molecule has 0 rings (SSSR count). The minimum atomic E-state index is 0. The van der Waals surface area contributed by atoms with Gasteiger partial charge in [-0.25, -0.2) is 0 Å². The largest absolute Gasteiger partial charge is 0.0776 e. The molecule has 0 amide bonds. The van der Waals surface area contributed by atoms with Crippen LogP contribution in [0.2, 0.25) is 0 Å². The van der Waals surface area contributed by atoms with Crippen molar-refractivity contribution in [3.63, 3.8) is 0 Å². The highest BCUT2D eigenvalue weighted by Gasteiger charge is 2.21. The lowest BCUT2D eigenvalue weighted by molar-refractivity contribution is 0.215. The van der Waals surface area contributed by atoms with Gasteiger partial charge in [-0.2, -0.15) is 0 Å². The van der Waals surface area contributed by atoms with Crippen LogP contribution < -0.4 is 0 Å². The van der Waals surface area contributed by atoms with Crippen molar-refractivity contribution in [2.24, 2.45) is 69.5 Å². The quantitative estimate of drug-likeness (QED) is 0.136. The van der Waals surface area contributed by atoms with E-state index >= 15 is 0 Å². The van der Waals surface area contributed by atoms with Crippen molar-refractivity contribution in [2.75, 3.05) is 0 Å². The van der Waals surface area contributed by atoms with Crippen molar-refractivity contribution < 1.29 is 0 Å². The van der Waals surface area contributed by atoms with Crippen molar-refractivity contribution in [1.29, 1.82) is 0 Å². The van der Waals surface area contributed by atoms with Crippen molar-refractivity contribution in [3.8, 4) is 0 Å². The molecule has 4 unspecified atom stereocenters. The summed E-state index contributed by atoms with van der Waals surface area (Å²) in [5, 5.41) is 0. The highest BCUT2D eigenvalue weighted by atomic mass is 32.8. The van der Waals surface area contributed by atoms with E-state index in [9.17, 15) is 0 Å². The van der Waals surface area contributed by atoms with Crippen LogP contribution >= 0.6 is 0 Å². The van der Waals surface area contributed by atoms with E-state index in [2.05, 4.69) is 385 Å². The summed E-state index contributed by atoms with van der Waals surface area (Å²) in [7, 11) is 0. The molecule has 0 aliphatic carbocycles. The molecule has 0 bridgehead atoms. The summed E-state index contributed by atoms with van der Waals surface area (Å²) in [4.78, 5) is 0. The Morgan fingerprint density at radius 1 is 0.276 bits per heavy atom. The van der Waals surface area contributed by atoms with Gasteiger partial charge in [0.05, 0.1) is 0 Å². The van der Waals surface area contributed by atoms with Crippen LogP contribution in [0.25, 0.3) is 0 Å². The molecular formula is C62H148S14. The SMILES string of the molecule is C.C.C.CCC(C)(C)C(C)C.CCC(C)(C)CC.CCC(C)C.CCC(C)C.CCC(C)C(C)(C)CC.CCC(C)C(C)C.CCC(C)C(C)CC.CCC(C)CC.CCCC.S=S.S=S.S=S.S=S.S=S.S=S.S=S. The molecule has 0 aromatic carbocycles. The van der Waals surface area contributed by atoms with Gasteiger partial charge >= 0.3 is 0 Å². The summed E-state index contributed by atoms with van der Waals surface area (Å²) in [5.74, 6) is 7.98. The maximum absolute atomic E-state index is 3.67. The highest BCUT2D eigenvalue weighted by molar-refractivity contribution is 8.08. The number of hydrogen-bond acceptors (Lipinski definition) is 14. The molecule has 0 radical (unpaired) electrons. The Kier molecular flexibility index (Phi) is 212. The van der Waals surface area contributed by atoms with Crippen LogP contribution in [0.4, 0.5) is 0 Å². The van der Waals surface area contributed by atoms with Crippen LogP contribution in [0.3, 0.4) is 0 Å². The Labute approximate surface area is 560 Å². The molecule has 0 nitrogen and oxygen atoms in total. The van der Waals surface area contributed by atoms with Crippen molar-refractivity contribution in [1.82, 2.24) is 0 Å². The molecule has 0 fully saturated rings. The van der Waals surface area contributed by atoms with Crippen LogP contribution in [0.5, 0.6) is 0 Å². The average molecular weight is 1340 g/mol. The minimum Gasteiger partial charge on any atom is -0.0776 e. The van der Waals surface area contributed by atoms with E-state index < -0.39 is 0 Å². The fourth-order valence-corrected chi connectivity index (χ4v) is 3.12. The van der Waals surface area contributed by atoms with Gasteiger partial charge in [0.2, 0.25) is 0 Å². The standard InChI is InChI=1S/C9H20.2C8H18.2C7H16.C6H14.2C5H12.C4H10.3CH4.7S2/c1-6-8(3)9(4,5)7-2;1-6-8(4,5)7(2)3;1-5-7(3)8(4)6-2;1-5-7(3,4)6-2;1-5-7(4)6(2)3;1-4-6(3)5-2;2*1-4-5(2)3;1-3-4-2;;;;7*1-2/h8H,6-7H2,1-5H3;7H,6H2,1-5H3;7-8H,5-6H2,1-4H3;5-6H2,1-4H3;6-7H,5H2,1-4H3;6H,4-5H2,1-3H3;2*5H,4H2,1-3H3;3-4H2,1-2H3;3*1H4;;;;;;;. The first-order valence-electron chi connectivity index (χ1n) is 28.0. The molecular weight excluding hydrogens is 1190 g/mol. The summed E-state index contributed by atoms with van der Waals surface area (Å²) in [6.07, 6.45) is 18.4. The van der Waals surface area contributed by atoms with Gasteiger partial charge in [-0.1, -0.05) is 341 Å². The Morgan fingerprint density at radius 3 is 0.513 bits per heavy atom. The third-order valence-electron chi connectivity index (χ3n) is 14.8. The van der Waals surface area contributed by atoms with Crippen molar-refractivity contribution >= 4 is 157 Å². The summed E-state index contributed by atoms with van der Waals surface area (Å²) in [6, 6.07) is 0. The maximum Gasteiger partial charge on any atom is 0 e. The molecule has 0 aliphatic heterocycles. The molecule has 0 saturated carbocycles. The van der Waals surface area contributed by atoms with E-state index in [1.165, 1.54) is 89.9 Å². The van der Waals surface area contributed by atoms with E-state index in [0.29, 0.717) is 16.2 Å². The summed E-state index contributed by atoms with van der Waals surface area (Å²) in [5.41, 5.74) is 1.68. The predicted octanol–water partition coefficient (Wildman–Crippen LogP) is 25.4. The fourth-order valence-electron chi connectivity index (χ4n) is 3.12. The van der Waals surface area contributed by atoms with Gasteiger partial charge in [-0.15, -0.1) is 0 Å². The molecule has 0 spiro atoms. The lowest BCUT2D eigenvalue weighted by atomic mass is 9.77. The molecule has 76 heavy (non-hydrogen) atoms. The van der Waals surface area contributed by atoms with Gasteiger partial charge in [0.1, 0.15) is 0 Å². The highest BCUT2D eigenvalue weighted by Crippen LogP contribution is 2.32. The monoisotopic (exact) mass is 1340 g/mol. The molecule has 0 heterocycles. The van der Waals surface area contributed by atoms with E-state index in [4.69, 9.17) is 0 Å². The first-order chi connectivity index (χ1) is 33.8.